The fourth-order valence-electron chi connectivity index (χ4n) is 0.971. The summed E-state index contributed by atoms with van der Waals surface area (Å²) in [7, 11) is -3.83. The molecule has 1 aromatic rings. The van der Waals surface area contributed by atoms with Gasteiger partial charge in [-0.2, -0.15) is 8.42 Å². The Balaban J connectivity index is 2.93. The topological polar surface area (TPSA) is 86.5 Å². The van der Waals surface area contributed by atoms with Gasteiger partial charge in [-0.25, -0.2) is 0 Å². The molecule has 0 bridgehead atoms. The minimum absolute atomic E-state index is 0.0146. The Kier molecular flexibility index (Phi) is 3.97. The number of benzene rings is 1. The van der Waals surface area contributed by atoms with E-state index in [0.29, 0.717) is 6.42 Å². The first-order valence-corrected chi connectivity index (χ1v) is 5.81. The first-order valence-electron chi connectivity index (χ1n) is 4.40. The molecule has 1 rings (SSSR count). The van der Waals surface area contributed by atoms with E-state index in [4.69, 9.17) is 0 Å². The van der Waals surface area contributed by atoms with E-state index < -0.39 is 15.0 Å². The molecule has 87 valence electrons. The van der Waals surface area contributed by atoms with Gasteiger partial charge in [0, 0.05) is 12.1 Å². The van der Waals surface area contributed by atoms with E-state index in [9.17, 15) is 18.5 Å². The number of nitro groups is 1. The molecule has 0 atom stereocenters. The highest BCUT2D eigenvalue weighted by Gasteiger charge is 2.16. The number of rotatable bonds is 5. The molecule has 0 fully saturated rings. The predicted octanol–water partition coefficient (Wildman–Crippen LogP) is 1.52. The third kappa shape index (κ3) is 3.01. The monoisotopic (exact) mass is 244 g/mol. The lowest BCUT2D eigenvalue weighted by Gasteiger charge is -2.03. The molecule has 1 radical (unpaired) electrons. The van der Waals surface area contributed by atoms with Crippen LogP contribution in [0, 0.1) is 17.0 Å². The Bertz CT molecular complexity index is 465. The molecule has 0 amide bonds. The molecule has 16 heavy (non-hydrogen) atoms. The molecule has 0 aromatic heterocycles. The molecule has 0 aliphatic carbocycles. The maximum Gasteiger partial charge on any atom is 0.296 e. The number of nitrogens with zero attached hydrogens (tertiary/aromatic N) is 1. The molecular formula is C9H10NO5S. The first kappa shape index (κ1) is 12.6. The number of hydrogen-bond donors (Lipinski definition) is 0. The van der Waals surface area contributed by atoms with E-state index in [-0.39, 0.29) is 17.2 Å². The Morgan fingerprint density at radius 2 is 1.88 bits per heavy atom. The minimum atomic E-state index is -3.83. The van der Waals surface area contributed by atoms with E-state index in [1.807, 2.05) is 0 Å². The van der Waals surface area contributed by atoms with Gasteiger partial charge in [-0.3, -0.25) is 14.3 Å². The second-order valence-corrected chi connectivity index (χ2v) is 4.50. The van der Waals surface area contributed by atoms with Gasteiger partial charge in [0.15, 0.2) is 0 Å². The standard InChI is InChI=1S/C9H10NO5S/c1-2-7-15-16(13,14)9-5-3-8(4-6-9)10(11)12/h3-6H,1-2,7H2. The molecule has 0 heterocycles. The van der Waals surface area contributed by atoms with Crippen molar-refractivity contribution in [2.45, 2.75) is 11.3 Å². The van der Waals surface area contributed by atoms with Gasteiger partial charge in [-0.05, 0) is 18.6 Å². The molecule has 0 aliphatic rings. The third-order valence-corrected chi connectivity index (χ3v) is 3.05. The van der Waals surface area contributed by atoms with Gasteiger partial charge in [-0.15, -0.1) is 0 Å². The van der Waals surface area contributed by atoms with E-state index in [0.717, 1.165) is 24.3 Å². The van der Waals surface area contributed by atoms with Crippen molar-refractivity contribution in [1.82, 2.24) is 0 Å². The highest BCUT2D eigenvalue weighted by molar-refractivity contribution is 7.86. The van der Waals surface area contributed by atoms with Crippen LogP contribution in [0.4, 0.5) is 5.69 Å². The average Bonchev–Trinajstić information content (AvgIpc) is 2.26. The normalized spacial score (nSPS) is 11.3. The van der Waals surface area contributed by atoms with Crippen molar-refractivity contribution in [3.05, 3.63) is 41.3 Å². The Morgan fingerprint density at radius 3 is 2.31 bits per heavy atom. The van der Waals surface area contributed by atoms with Crippen LogP contribution in [-0.4, -0.2) is 19.9 Å². The van der Waals surface area contributed by atoms with Crippen LogP contribution in [-0.2, 0) is 14.3 Å². The van der Waals surface area contributed by atoms with Gasteiger partial charge in [0.1, 0.15) is 0 Å². The van der Waals surface area contributed by atoms with Crippen molar-refractivity contribution in [1.29, 1.82) is 0 Å². The summed E-state index contributed by atoms with van der Waals surface area (Å²) in [6.07, 6.45) is 0.326. The maximum atomic E-state index is 11.5. The summed E-state index contributed by atoms with van der Waals surface area (Å²) in [5, 5.41) is 10.4. The third-order valence-electron chi connectivity index (χ3n) is 1.72. The molecule has 0 unspecified atom stereocenters. The van der Waals surface area contributed by atoms with Gasteiger partial charge in [0.05, 0.1) is 16.4 Å². The SMILES string of the molecule is [CH2]CCOS(=O)(=O)c1ccc([N+](=O)[O-])cc1. The summed E-state index contributed by atoms with van der Waals surface area (Å²) in [6.45, 7) is 3.43. The molecule has 0 spiro atoms. The largest absolute Gasteiger partial charge is 0.296 e. The second-order valence-electron chi connectivity index (χ2n) is 2.88. The van der Waals surface area contributed by atoms with Crippen molar-refractivity contribution in [2.24, 2.45) is 0 Å². The number of hydrogen-bond acceptors (Lipinski definition) is 5. The smallest absolute Gasteiger partial charge is 0.266 e. The Labute approximate surface area is 93.1 Å². The summed E-state index contributed by atoms with van der Waals surface area (Å²) in [5.74, 6) is 0. The molecule has 0 saturated carbocycles. The van der Waals surface area contributed by atoms with Gasteiger partial charge in [0.2, 0.25) is 0 Å². The van der Waals surface area contributed by atoms with E-state index >= 15 is 0 Å². The van der Waals surface area contributed by atoms with Gasteiger partial charge in [-0.1, -0.05) is 6.92 Å². The summed E-state index contributed by atoms with van der Waals surface area (Å²) in [5.41, 5.74) is -0.170. The maximum absolute atomic E-state index is 11.5. The van der Waals surface area contributed by atoms with Gasteiger partial charge < -0.3 is 0 Å². The summed E-state index contributed by atoms with van der Waals surface area (Å²) < 4.78 is 27.5. The van der Waals surface area contributed by atoms with Crippen LogP contribution in [0.25, 0.3) is 0 Å². The van der Waals surface area contributed by atoms with Gasteiger partial charge in [0.25, 0.3) is 15.8 Å². The Hall–Kier alpha value is -1.47. The lowest BCUT2D eigenvalue weighted by molar-refractivity contribution is -0.384. The van der Waals surface area contributed by atoms with Crippen LogP contribution < -0.4 is 0 Å². The quantitative estimate of drug-likeness (QED) is 0.445. The summed E-state index contributed by atoms with van der Waals surface area (Å²) in [6, 6.07) is 4.49. The molecule has 0 aliphatic heterocycles. The van der Waals surface area contributed by atoms with E-state index in [1.54, 1.807) is 0 Å². The number of non-ortho nitro benzene ring substituents is 1. The lowest BCUT2D eigenvalue weighted by atomic mass is 10.3. The lowest BCUT2D eigenvalue weighted by Crippen LogP contribution is -2.07. The number of nitro benzene ring substituents is 1. The Morgan fingerprint density at radius 1 is 1.31 bits per heavy atom. The van der Waals surface area contributed by atoms with Crippen molar-refractivity contribution in [2.75, 3.05) is 6.61 Å². The molecule has 0 N–H and O–H groups in total. The average molecular weight is 244 g/mol. The van der Waals surface area contributed by atoms with Crippen molar-refractivity contribution in [3.8, 4) is 0 Å². The summed E-state index contributed by atoms with van der Waals surface area (Å²) in [4.78, 5) is 9.64. The second kappa shape index (κ2) is 5.04. The van der Waals surface area contributed by atoms with E-state index in [1.165, 1.54) is 0 Å². The zero-order chi connectivity index (χ0) is 12.2. The van der Waals surface area contributed by atoms with Crippen molar-refractivity contribution >= 4 is 15.8 Å². The zero-order valence-corrected chi connectivity index (χ0v) is 9.14. The van der Waals surface area contributed by atoms with Crippen LogP contribution in [0.5, 0.6) is 0 Å². The fourth-order valence-corrected chi connectivity index (χ4v) is 1.91. The highest BCUT2D eigenvalue weighted by Crippen LogP contribution is 2.17. The van der Waals surface area contributed by atoms with Crippen LogP contribution in [0.1, 0.15) is 6.42 Å². The highest BCUT2D eigenvalue weighted by atomic mass is 32.2. The zero-order valence-electron chi connectivity index (χ0n) is 8.33. The first-order chi connectivity index (χ1) is 7.47. The van der Waals surface area contributed by atoms with Crippen LogP contribution >= 0.6 is 0 Å². The molecule has 0 saturated heterocycles. The predicted molar refractivity (Wildman–Crippen MR) is 56.2 cm³/mol. The van der Waals surface area contributed by atoms with Crippen LogP contribution in [0.3, 0.4) is 0 Å². The summed E-state index contributed by atoms with van der Waals surface area (Å²) >= 11 is 0. The van der Waals surface area contributed by atoms with Crippen LogP contribution in [0.15, 0.2) is 29.2 Å². The molecular weight excluding hydrogens is 234 g/mol. The van der Waals surface area contributed by atoms with Crippen LogP contribution in [0.2, 0.25) is 0 Å². The van der Waals surface area contributed by atoms with Crippen molar-refractivity contribution < 1.29 is 17.5 Å². The molecule has 6 nitrogen and oxygen atoms in total. The minimum Gasteiger partial charge on any atom is -0.266 e. The van der Waals surface area contributed by atoms with Gasteiger partial charge >= 0.3 is 0 Å². The molecule has 1 aromatic carbocycles. The molecule has 7 heteroatoms. The fraction of sp³-hybridized carbons (Fsp3) is 0.222. The van der Waals surface area contributed by atoms with Crippen molar-refractivity contribution in [3.63, 3.8) is 0 Å². The van der Waals surface area contributed by atoms with E-state index in [2.05, 4.69) is 11.1 Å².